The Bertz CT molecular complexity index is 737. The summed E-state index contributed by atoms with van der Waals surface area (Å²) in [5.41, 5.74) is 2.96. The van der Waals surface area contributed by atoms with Crippen molar-refractivity contribution in [1.82, 2.24) is 15.1 Å². The summed E-state index contributed by atoms with van der Waals surface area (Å²) in [6.45, 7) is 2.24. The van der Waals surface area contributed by atoms with E-state index in [0.717, 1.165) is 12.8 Å². The first kappa shape index (κ1) is 13.3. The van der Waals surface area contributed by atoms with Crippen LogP contribution in [-0.2, 0) is 12.6 Å². The van der Waals surface area contributed by atoms with Crippen LogP contribution in [0.4, 0.5) is 0 Å². The molecule has 0 aliphatic heterocycles. The zero-order valence-corrected chi connectivity index (χ0v) is 13.5. The summed E-state index contributed by atoms with van der Waals surface area (Å²) in [5, 5.41) is 12.1. The highest BCUT2D eigenvalue weighted by Gasteiger charge is 2.56. The topological polar surface area (TPSA) is 46.9 Å². The van der Waals surface area contributed by atoms with E-state index in [1.54, 1.807) is 18.4 Å². The molecule has 1 fully saturated rings. The lowest BCUT2D eigenvalue weighted by Gasteiger charge is -2.32. The van der Waals surface area contributed by atoms with Gasteiger partial charge in [0.15, 0.2) is 0 Å². The second-order valence-corrected chi connectivity index (χ2v) is 7.17. The van der Waals surface area contributed by atoms with Crippen molar-refractivity contribution >= 4 is 28.8 Å². The third-order valence-corrected chi connectivity index (χ3v) is 6.46. The van der Waals surface area contributed by atoms with E-state index in [1.165, 1.54) is 22.0 Å². The fourth-order valence-corrected chi connectivity index (χ4v) is 5.23. The van der Waals surface area contributed by atoms with E-state index in [9.17, 15) is 4.79 Å². The molecule has 21 heavy (non-hydrogen) atoms. The fourth-order valence-electron chi connectivity index (χ4n) is 4.05. The zero-order valence-electron chi connectivity index (χ0n) is 11.9. The third kappa shape index (κ3) is 1.62. The normalized spacial score (nSPS) is 29.7. The van der Waals surface area contributed by atoms with Crippen LogP contribution in [0.15, 0.2) is 17.0 Å². The van der Waals surface area contributed by atoms with Crippen molar-refractivity contribution in [3.05, 3.63) is 38.8 Å². The highest BCUT2D eigenvalue weighted by atomic mass is 35.5. The highest BCUT2D eigenvalue weighted by Crippen LogP contribution is 2.60. The van der Waals surface area contributed by atoms with Gasteiger partial charge in [-0.3, -0.25) is 9.48 Å². The first-order valence-electron chi connectivity index (χ1n) is 7.11. The molecule has 110 valence electrons. The molecule has 2 aromatic heterocycles. The molecule has 0 saturated heterocycles. The molecule has 1 N–H and O–H groups in total. The van der Waals surface area contributed by atoms with Gasteiger partial charge >= 0.3 is 0 Å². The van der Waals surface area contributed by atoms with E-state index >= 15 is 0 Å². The number of amides is 1. The fraction of sp³-hybridized carbons (Fsp3) is 0.467. The number of aryl methyl sites for hydroxylation is 1. The maximum Gasteiger partial charge on any atom is 0.256 e. The Kier molecular flexibility index (Phi) is 2.75. The molecule has 3 unspecified atom stereocenters. The Morgan fingerprint density at radius 2 is 2.38 bits per heavy atom. The van der Waals surface area contributed by atoms with Crippen molar-refractivity contribution in [3.63, 3.8) is 0 Å². The minimum Gasteiger partial charge on any atom is -0.342 e. The van der Waals surface area contributed by atoms with Crippen LogP contribution in [0, 0.1) is 5.92 Å². The number of nitrogens with one attached hydrogen (secondary N) is 1. The molecule has 0 spiro atoms. The molecular weight excluding hydrogens is 306 g/mol. The van der Waals surface area contributed by atoms with Crippen molar-refractivity contribution in [2.45, 2.75) is 31.2 Å². The molecule has 2 aromatic rings. The van der Waals surface area contributed by atoms with E-state index in [0.29, 0.717) is 22.6 Å². The smallest absolute Gasteiger partial charge is 0.256 e. The number of carbonyl (C=O) groups excluding carboxylic acids is 1. The van der Waals surface area contributed by atoms with E-state index in [2.05, 4.69) is 28.1 Å². The molecule has 2 aliphatic carbocycles. The van der Waals surface area contributed by atoms with Crippen LogP contribution in [-0.4, -0.2) is 15.7 Å². The maximum absolute atomic E-state index is 12.6. The Morgan fingerprint density at radius 3 is 3.10 bits per heavy atom. The van der Waals surface area contributed by atoms with Crippen LogP contribution < -0.4 is 5.32 Å². The Hall–Kier alpha value is -1.33. The Balaban J connectivity index is 1.71. The number of rotatable bonds is 2. The minimum atomic E-state index is -0.226. The van der Waals surface area contributed by atoms with E-state index in [1.807, 2.05) is 0 Å². The lowest BCUT2D eigenvalue weighted by atomic mass is 9.86. The van der Waals surface area contributed by atoms with Crippen LogP contribution in [0.25, 0.3) is 0 Å². The highest BCUT2D eigenvalue weighted by molar-refractivity contribution is 7.08. The minimum absolute atomic E-state index is 0.125. The largest absolute Gasteiger partial charge is 0.342 e. The van der Waals surface area contributed by atoms with Gasteiger partial charge in [-0.2, -0.15) is 16.4 Å². The summed E-state index contributed by atoms with van der Waals surface area (Å²) in [6.07, 6.45) is 3.69. The van der Waals surface area contributed by atoms with Crippen molar-refractivity contribution in [2.75, 3.05) is 0 Å². The molecule has 2 aliphatic rings. The third-order valence-electron chi connectivity index (χ3n) is 5.25. The van der Waals surface area contributed by atoms with E-state index in [-0.39, 0.29) is 11.4 Å². The van der Waals surface area contributed by atoms with Gasteiger partial charge in [0.25, 0.3) is 5.91 Å². The summed E-state index contributed by atoms with van der Waals surface area (Å²) in [7, 11) is 1.73. The predicted molar refractivity (Wildman–Crippen MR) is 82.8 cm³/mol. The standard InChI is InChI=1S/C15H16ClN3OS/c1-8-9-3-4-15(8,12-7-21-6-11(9)12)18-14(20)10-5-17-19(2)13(10)16/h5-9H,3-4H2,1-2H3,(H,18,20). The number of hydrogen-bond donors (Lipinski definition) is 1. The quantitative estimate of drug-likeness (QED) is 0.922. The zero-order chi connectivity index (χ0) is 14.8. The van der Waals surface area contributed by atoms with Gasteiger partial charge in [-0.05, 0) is 46.6 Å². The van der Waals surface area contributed by atoms with Gasteiger partial charge < -0.3 is 5.32 Å². The number of nitrogens with zero attached hydrogens (tertiary/aromatic N) is 2. The molecule has 2 heterocycles. The van der Waals surface area contributed by atoms with Crippen molar-refractivity contribution < 1.29 is 4.79 Å². The van der Waals surface area contributed by atoms with Gasteiger partial charge in [0.2, 0.25) is 0 Å². The monoisotopic (exact) mass is 321 g/mol. The predicted octanol–water partition coefficient (Wildman–Crippen LogP) is 3.29. The summed E-state index contributed by atoms with van der Waals surface area (Å²) in [4.78, 5) is 12.6. The van der Waals surface area contributed by atoms with Gasteiger partial charge in [0.1, 0.15) is 5.15 Å². The number of aromatic nitrogens is 2. The van der Waals surface area contributed by atoms with Gasteiger partial charge in [-0.1, -0.05) is 18.5 Å². The number of thiophene rings is 1. The molecule has 0 radical (unpaired) electrons. The molecule has 1 saturated carbocycles. The number of hydrogen-bond acceptors (Lipinski definition) is 3. The molecule has 3 atom stereocenters. The molecule has 1 amide bonds. The number of halogens is 1. The molecule has 4 rings (SSSR count). The van der Waals surface area contributed by atoms with Gasteiger partial charge in [0.05, 0.1) is 17.3 Å². The lowest BCUT2D eigenvalue weighted by molar-refractivity contribution is 0.0879. The van der Waals surface area contributed by atoms with E-state index in [4.69, 9.17) is 11.6 Å². The van der Waals surface area contributed by atoms with Gasteiger partial charge in [-0.15, -0.1) is 0 Å². The summed E-state index contributed by atoms with van der Waals surface area (Å²) < 4.78 is 1.51. The van der Waals surface area contributed by atoms with Crippen LogP contribution in [0.3, 0.4) is 0 Å². The van der Waals surface area contributed by atoms with Gasteiger partial charge in [0, 0.05) is 7.05 Å². The summed E-state index contributed by atoms with van der Waals surface area (Å²) in [6, 6.07) is 0. The van der Waals surface area contributed by atoms with Crippen LogP contribution in [0.1, 0.15) is 47.2 Å². The molecular formula is C15H16ClN3OS. The summed E-state index contributed by atoms with van der Waals surface area (Å²) in [5.74, 6) is 0.894. The van der Waals surface area contributed by atoms with Crippen molar-refractivity contribution in [2.24, 2.45) is 13.0 Å². The Morgan fingerprint density at radius 1 is 1.57 bits per heavy atom. The van der Waals surface area contributed by atoms with Crippen LogP contribution in [0.2, 0.25) is 5.15 Å². The summed E-state index contributed by atoms with van der Waals surface area (Å²) >= 11 is 7.87. The average molecular weight is 322 g/mol. The first-order valence-corrected chi connectivity index (χ1v) is 8.43. The maximum atomic E-state index is 12.6. The second-order valence-electron chi connectivity index (χ2n) is 6.07. The SMILES string of the molecule is CC1C2CCC1(NC(=O)c1cnn(C)c1Cl)c1cscc12. The second kappa shape index (κ2) is 4.34. The average Bonchev–Trinajstić information content (AvgIpc) is 3.16. The number of fused-ring (bicyclic) bond motifs is 5. The van der Waals surface area contributed by atoms with Crippen LogP contribution >= 0.6 is 22.9 Å². The van der Waals surface area contributed by atoms with Crippen LogP contribution in [0.5, 0.6) is 0 Å². The first-order chi connectivity index (χ1) is 10.0. The Labute approximate surface area is 132 Å². The van der Waals surface area contributed by atoms with E-state index < -0.39 is 0 Å². The molecule has 6 heteroatoms. The molecule has 4 nitrogen and oxygen atoms in total. The number of carbonyl (C=O) groups is 1. The molecule has 2 bridgehead atoms. The van der Waals surface area contributed by atoms with Crippen molar-refractivity contribution in [1.29, 1.82) is 0 Å². The molecule has 0 aromatic carbocycles. The lowest BCUT2D eigenvalue weighted by Crippen LogP contribution is -2.46. The van der Waals surface area contributed by atoms with Gasteiger partial charge in [-0.25, -0.2) is 0 Å². The van der Waals surface area contributed by atoms with Crippen molar-refractivity contribution in [3.8, 4) is 0 Å².